The number of nitrogens with zero attached hydrogens (tertiary/aromatic N) is 5. The Labute approximate surface area is 204 Å². The van der Waals surface area contributed by atoms with Crippen molar-refractivity contribution < 1.29 is 9.72 Å². The lowest BCUT2D eigenvalue weighted by Gasteiger charge is -2.28. The Kier molecular flexibility index (Phi) is 5.71. The highest BCUT2D eigenvalue weighted by Crippen LogP contribution is 2.37. The van der Waals surface area contributed by atoms with Crippen molar-refractivity contribution in [1.82, 2.24) is 19.7 Å². The molecule has 10 nitrogen and oxygen atoms in total. The number of nitro groups is 1. The van der Waals surface area contributed by atoms with Crippen LogP contribution in [0.2, 0.25) is 5.02 Å². The maximum absolute atomic E-state index is 13.4. The third kappa shape index (κ3) is 4.34. The smallest absolute Gasteiger partial charge is 0.270 e. The van der Waals surface area contributed by atoms with Crippen LogP contribution in [0.3, 0.4) is 0 Å². The van der Waals surface area contributed by atoms with E-state index in [2.05, 4.69) is 25.7 Å². The lowest BCUT2D eigenvalue weighted by molar-refractivity contribution is -0.384. The van der Waals surface area contributed by atoms with Crippen LogP contribution in [0.25, 0.3) is 11.4 Å². The Morgan fingerprint density at radius 2 is 1.97 bits per heavy atom. The number of aromatic nitrogens is 4. The zero-order chi connectivity index (χ0) is 24.5. The SMILES string of the molecule is CC1=C(C(=O)Nc2cccnc2)[C@H](c2ccc(Cl)cc2)n2nc(-c3cccc([N+](=O)[O-])c3)nc2N1. The number of allylic oxidation sites excluding steroid dienone is 1. The third-order valence-electron chi connectivity index (χ3n) is 5.52. The summed E-state index contributed by atoms with van der Waals surface area (Å²) in [5.41, 5.74) is 2.76. The van der Waals surface area contributed by atoms with Gasteiger partial charge in [0.1, 0.15) is 6.04 Å². The van der Waals surface area contributed by atoms with Gasteiger partial charge in [0, 0.05) is 34.6 Å². The molecule has 0 radical (unpaired) electrons. The number of carbonyl (C=O) groups excluding carboxylic acids is 1. The predicted molar refractivity (Wildman–Crippen MR) is 131 cm³/mol. The summed E-state index contributed by atoms with van der Waals surface area (Å²) in [7, 11) is 0. The number of pyridine rings is 1. The number of hydrogen-bond acceptors (Lipinski definition) is 7. The van der Waals surface area contributed by atoms with Gasteiger partial charge in [-0.3, -0.25) is 19.9 Å². The molecule has 2 aromatic heterocycles. The second-order valence-corrected chi connectivity index (χ2v) is 8.26. The summed E-state index contributed by atoms with van der Waals surface area (Å²) in [6, 6.07) is 16.1. The summed E-state index contributed by atoms with van der Waals surface area (Å²) in [4.78, 5) is 32.8. The van der Waals surface area contributed by atoms with Crippen molar-refractivity contribution >= 4 is 34.8 Å². The standard InChI is InChI=1S/C24H18ClN7O3/c1-14-20(23(33)28-18-5-3-11-26-13-18)21(15-7-9-17(25)10-8-15)31-24(27-14)29-22(30-31)16-4-2-6-19(12-16)32(34)35/h2-13,21H,1H3,(H,28,33)(H,27,29,30)/t21-/m0/s1. The minimum absolute atomic E-state index is 0.0664. The second kappa shape index (κ2) is 8.99. The van der Waals surface area contributed by atoms with Crippen molar-refractivity contribution in [3.8, 4) is 11.4 Å². The van der Waals surface area contributed by atoms with Gasteiger partial charge in [-0.15, -0.1) is 5.10 Å². The molecule has 0 aliphatic carbocycles. The van der Waals surface area contributed by atoms with Crippen LogP contribution < -0.4 is 10.6 Å². The van der Waals surface area contributed by atoms with Gasteiger partial charge < -0.3 is 10.6 Å². The molecule has 0 unspecified atom stereocenters. The Morgan fingerprint density at radius 3 is 2.69 bits per heavy atom. The van der Waals surface area contributed by atoms with Crippen LogP contribution >= 0.6 is 11.6 Å². The molecule has 4 aromatic rings. The number of halogens is 1. The van der Waals surface area contributed by atoms with E-state index in [-0.39, 0.29) is 17.4 Å². The first-order valence-electron chi connectivity index (χ1n) is 10.6. The number of fused-ring (bicyclic) bond motifs is 1. The lowest BCUT2D eigenvalue weighted by atomic mass is 9.95. The molecule has 3 heterocycles. The van der Waals surface area contributed by atoms with E-state index in [0.717, 1.165) is 5.56 Å². The third-order valence-corrected chi connectivity index (χ3v) is 5.77. The van der Waals surface area contributed by atoms with Gasteiger partial charge in [-0.2, -0.15) is 4.98 Å². The molecule has 2 N–H and O–H groups in total. The maximum Gasteiger partial charge on any atom is 0.270 e. The van der Waals surface area contributed by atoms with E-state index < -0.39 is 11.0 Å². The minimum Gasteiger partial charge on any atom is -0.328 e. The summed E-state index contributed by atoms with van der Waals surface area (Å²) in [6.45, 7) is 1.78. The van der Waals surface area contributed by atoms with Crippen molar-refractivity contribution in [2.75, 3.05) is 10.6 Å². The van der Waals surface area contributed by atoms with Crippen LogP contribution in [0.5, 0.6) is 0 Å². The van der Waals surface area contributed by atoms with Gasteiger partial charge in [0.25, 0.3) is 11.6 Å². The van der Waals surface area contributed by atoms with E-state index in [4.69, 9.17) is 11.6 Å². The highest BCUT2D eigenvalue weighted by Gasteiger charge is 2.34. The summed E-state index contributed by atoms with van der Waals surface area (Å²) in [5, 5.41) is 22.5. The molecular weight excluding hydrogens is 470 g/mol. The molecule has 1 atom stereocenters. The number of amides is 1. The largest absolute Gasteiger partial charge is 0.328 e. The number of non-ortho nitro benzene ring substituents is 1. The van der Waals surface area contributed by atoms with Gasteiger partial charge in [-0.05, 0) is 36.8 Å². The molecular formula is C24H18ClN7O3. The number of rotatable bonds is 5. The molecule has 5 rings (SSSR count). The van der Waals surface area contributed by atoms with Crippen LogP contribution in [0.15, 0.2) is 84.3 Å². The quantitative estimate of drug-likeness (QED) is 0.305. The van der Waals surface area contributed by atoms with Gasteiger partial charge in [-0.25, -0.2) is 4.68 Å². The molecule has 174 valence electrons. The first-order chi connectivity index (χ1) is 16.9. The Bertz CT molecular complexity index is 1470. The van der Waals surface area contributed by atoms with Gasteiger partial charge in [0.2, 0.25) is 5.95 Å². The van der Waals surface area contributed by atoms with Crippen LogP contribution in [0.1, 0.15) is 18.5 Å². The fraction of sp³-hybridized carbons (Fsp3) is 0.0833. The molecule has 35 heavy (non-hydrogen) atoms. The highest BCUT2D eigenvalue weighted by molar-refractivity contribution is 6.30. The van der Waals surface area contributed by atoms with E-state index in [9.17, 15) is 14.9 Å². The second-order valence-electron chi connectivity index (χ2n) is 7.82. The fourth-order valence-electron chi connectivity index (χ4n) is 3.91. The van der Waals surface area contributed by atoms with E-state index in [1.165, 1.54) is 12.1 Å². The lowest BCUT2D eigenvalue weighted by Crippen LogP contribution is -2.31. The zero-order valence-electron chi connectivity index (χ0n) is 18.3. The normalized spacial score (nSPS) is 14.7. The molecule has 1 amide bonds. The predicted octanol–water partition coefficient (Wildman–Crippen LogP) is 4.83. The van der Waals surface area contributed by atoms with Crippen LogP contribution in [0, 0.1) is 10.1 Å². The molecule has 0 fully saturated rings. The number of benzene rings is 2. The van der Waals surface area contributed by atoms with Crippen molar-refractivity contribution in [3.05, 3.63) is 105 Å². The number of hydrogen-bond donors (Lipinski definition) is 2. The fourth-order valence-corrected chi connectivity index (χ4v) is 4.04. The van der Waals surface area contributed by atoms with Gasteiger partial charge in [0.15, 0.2) is 5.82 Å². The van der Waals surface area contributed by atoms with Crippen molar-refractivity contribution in [1.29, 1.82) is 0 Å². The molecule has 2 aromatic carbocycles. The summed E-state index contributed by atoms with van der Waals surface area (Å²) >= 11 is 6.11. The minimum atomic E-state index is -0.625. The highest BCUT2D eigenvalue weighted by atomic mass is 35.5. The van der Waals surface area contributed by atoms with Crippen molar-refractivity contribution in [3.63, 3.8) is 0 Å². The van der Waals surface area contributed by atoms with Crippen LogP contribution in [-0.4, -0.2) is 30.6 Å². The number of nitrogens with one attached hydrogen (secondary N) is 2. The summed E-state index contributed by atoms with van der Waals surface area (Å²) in [5.74, 6) is 0.361. The first-order valence-corrected chi connectivity index (χ1v) is 10.9. The number of nitro benzene ring substituents is 1. The molecule has 0 saturated carbocycles. The van der Waals surface area contributed by atoms with Crippen molar-refractivity contribution in [2.45, 2.75) is 13.0 Å². The maximum atomic E-state index is 13.4. The summed E-state index contributed by atoms with van der Waals surface area (Å²) < 4.78 is 1.60. The van der Waals surface area contributed by atoms with Crippen LogP contribution in [-0.2, 0) is 4.79 Å². The van der Waals surface area contributed by atoms with Gasteiger partial charge in [0.05, 0.1) is 22.4 Å². The average Bonchev–Trinajstić information content (AvgIpc) is 3.28. The topological polar surface area (TPSA) is 128 Å². The average molecular weight is 488 g/mol. The van der Waals surface area contributed by atoms with Gasteiger partial charge in [-0.1, -0.05) is 35.9 Å². The molecule has 1 aliphatic rings. The Morgan fingerprint density at radius 1 is 1.17 bits per heavy atom. The molecule has 0 bridgehead atoms. The summed E-state index contributed by atoms with van der Waals surface area (Å²) in [6.07, 6.45) is 3.18. The van der Waals surface area contributed by atoms with E-state index in [0.29, 0.717) is 33.5 Å². The number of carbonyl (C=O) groups is 1. The first kappa shape index (κ1) is 22.2. The Hall–Kier alpha value is -4.57. The van der Waals surface area contributed by atoms with Crippen LogP contribution in [0.4, 0.5) is 17.3 Å². The monoisotopic (exact) mass is 487 g/mol. The molecule has 0 spiro atoms. The molecule has 0 saturated heterocycles. The molecule has 11 heteroatoms. The zero-order valence-corrected chi connectivity index (χ0v) is 19.1. The van der Waals surface area contributed by atoms with Gasteiger partial charge >= 0.3 is 0 Å². The van der Waals surface area contributed by atoms with E-state index in [1.807, 2.05) is 12.1 Å². The van der Waals surface area contributed by atoms with E-state index >= 15 is 0 Å². The number of anilines is 2. The molecule has 1 aliphatic heterocycles. The van der Waals surface area contributed by atoms with Crippen molar-refractivity contribution in [2.24, 2.45) is 0 Å². The van der Waals surface area contributed by atoms with E-state index in [1.54, 1.807) is 60.4 Å². The Balaban J connectivity index is 1.60.